The fourth-order valence-corrected chi connectivity index (χ4v) is 5.06. The van der Waals surface area contributed by atoms with E-state index >= 15 is 0 Å². The van der Waals surface area contributed by atoms with Crippen molar-refractivity contribution in [3.05, 3.63) is 102 Å². The molecule has 3 aromatic carbocycles. The van der Waals surface area contributed by atoms with Crippen LogP contribution < -0.4 is 10.1 Å². The van der Waals surface area contributed by atoms with Crippen molar-refractivity contribution in [2.75, 3.05) is 6.61 Å². The molecule has 0 spiro atoms. The molecule has 0 radical (unpaired) electrons. The summed E-state index contributed by atoms with van der Waals surface area (Å²) in [5, 5.41) is 3.28. The molecule has 38 heavy (non-hydrogen) atoms. The second kappa shape index (κ2) is 13.8. The zero-order valence-electron chi connectivity index (χ0n) is 22.6. The van der Waals surface area contributed by atoms with Crippen LogP contribution in [0.2, 0.25) is 0 Å². The highest BCUT2D eigenvalue weighted by Gasteiger charge is 2.32. The fourth-order valence-electron chi connectivity index (χ4n) is 5.06. The molecular formula is C33H40N2O3. The predicted octanol–water partition coefficient (Wildman–Crippen LogP) is 6.28. The molecule has 1 fully saturated rings. The average molecular weight is 513 g/mol. The van der Waals surface area contributed by atoms with Gasteiger partial charge in [0.25, 0.3) is 5.91 Å². The normalized spacial score (nSPS) is 14.6. The van der Waals surface area contributed by atoms with Gasteiger partial charge in [0.15, 0.2) is 6.61 Å². The number of ether oxygens (including phenoxy) is 1. The van der Waals surface area contributed by atoms with E-state index in [-0.39, 0.29) is 24.5 Å². The second-order valence-electron chi connectivity index (χ2n) is 10.6. The zero-order chi connectivity index (χ0) is 26.7. The summed E-state index contributed by atoms with van der Waals surface area (Å²) in [4.78, 5) is 29.2. The summed E-state index contributed by atoms with van der Waals surface area (Å²) in [6, 6.07) is 27.2. The van der Waals surface area contributed by atoms with Crippen LogP contribution in [0.4, 0.5) is 0 Å². The van der Waals surface area contributed by atoms with Crippen LogP contribution in [-0.2, 0) is 22.6 Å². The molecular weight excluding hydrogens is 472 g/mol. The predicted molar refractivity (Wildman–Crippen MR) is 152 cm³/mol. The van der Waals surface area contributed by atoms with Crippen LogP contribution in [0.15, 0.2) is 84.9 Å². The molecule has 0 unspecified atom stereocenters. The Hall–Kier alpha value is -3.60. The van der Waals surface area contributed by atoms with Crippen molar-refractivity contribution >= 4 is 11.8 Å². The van der Waals surface area contributed by atoms with Gasteiger partial charge in [-0.25, -0.2) is 0 Å². The van der Waals surface area contributed by atoms with Crippen LogP contribution in [-0.4, -0.2) is 35.4 Å². The number of carbonyl (C=O) groups is 2. The van der Waals surface area contributed by atoms with E-state index in [0.717, 1.165) is 36.8 Å². The van der Waals surface area contributed by atoms with Gasteiger partial charge in [-0.2, -0.15) is 0 Å². The van der Waals surface area contributed by atoms with Crippen molar-refractivity contribution in [3.63, 3.8) is 0 Å². The van der Waals surface area contributed by atoms with E-state index in [0.29, 0.717) is 24.6 Å². The van der Waals surface area contributed by atoms with Gasteiger partial charge in [-0.1, -0.05) is 106 Å². The van der Waals surface area contributed by atoms with Gasteiger partial charge in [-0.3, -0.25) is 9.59 Å². The second-order valence-corrected chi connectivity index (χ2v) is 10.6. The summed E-state index contributed by atoms with van der Waals surface area (Å²) >= 11 is 0. The number of carbonyl (C=O) groups excluding carboxylic acids is 2. The minimum atomic E-state index is -0.640. The highest BCUT2D eigenvalue weighted by atomic mass is 16.5. The summed E-state index contributed by atoms with van der Waals surface area (Å²) in [7, 11) is 0. The molecule has 1 saturated carbocycles. The van der Waals surface area contributed by atoms with Gasteiger partial charge in [0, 0.05) is 19.0 Å². The zero-order valence-corrected chi connectivity index (χ0v) is 22.6. The molecule has 4 rings (SSSR count). The van der Waals surface area contributed by atoms with E-state index in [4.69, 9.17) is 4.74 Å². The first-order valence-electron chi connectivity index (χ1n) is 13.9. The highest BCUT2D eigenvalue weighted by Crippen LogP contribution is 2.21. The molecule has 1 N–H and O–H groups in total. The minimum Gasteiger partial charge on any atom is -0.484 e. The van der Waals surface area contributed by atoms with E-state index in [2.05, 4.69) is 19.2 Å². The van der Waals surface area contributed by atoms with Crippen LogP contribution in [0, 0.1) is 0 Å². The van der Waals surface area contributed by atoms with Crippen LogP contribution in [0.5, 0.6) is 5.75 Å². The van der Waals surface area contributed by atoms with Gasteiger partial charge < -0.3 is 15.0 Å². The highest BCUT2D eigenvalue weighted by molar-refractivity contribution is 5.88. The Morgan fingerprint density at radius 1 is 0.842 bits per heavy atom. The molecule has 0 aromatic heterocycles. The molecule has 5 heteroatoms. The molecule has 1 atom stereocenters. The third-order valence-corrected chi connectivity index (χ3v) is 7.33. The Morgan fingerprint density at radius 3 is 2.05 bits per heavy atom. The number of benzene rings is 3. The lowest BCUT2D eigenvalue weighted by atomic mass is 9.94. The minimum absolute atomic E-state index is 0.0914. The molecule has 0 aliphatic heterocycles. The van der Waals surface area contributed by atoms with Crippen molar-refractivity contribution in [1.29, 1.82) is 0 Å². The van der Waals surface area contributed by atoms with Crippen molar-refractivity contribution < 1.29 is 14.3 Å². The lowest BCUT2D eigenvalue weighted by Crippen LogP contribution is -2.53. The largest absolute Gasteiger partial charge is 0.484 e. The summed E-state index contributed by atoms with van der Waals surface area (Å²) < 4.78 is 5.93. The monoisotopic (exact) mass is 512 g/mol. The summed E-state index contributed by atoms with van der Waals surface area (Å²) in [6.07, 6.45) is 5.90. The maximum Gasteiger partial charge on any atom is 0.261 e. The molecule has 3 aromatic rings. The summed E-state index contributed by atoms with van der Waals surface area (Å²) in [6.45, 7) is 4.50. The Morgan fingerprint density at radius 2 is 1.45 bits per heavy atom. The maximum atomic E-state index is 13.8. The molecule has 1 aliphatic rings. The molecule has 2 amide bonds. The summed E-state index contributed by atoms with van der Waals surface area (Å²) in [5.74, 6) is 0.773. The number of amides is 2. The molecule has 0 heterocycles. The van der Waals surface area contributed by atoms with Crippen LogP contribution in [0.25, 0.3) is 0 Å². The van der Waals surface area contributed by atoms with E-state index in [1.165, 1.54) is 12.0 Å². The van der Waals surface area contributed by atoms with Crippen LogP contribution in [0.3, 0.4) is 0 Å². The Labute approximate surface area is 227 Å². The molecule has 200 valence electrons. The van der Waals surface area contributed by atoms with Gasteiger partial charge in [-0.05, 0) is 47.6 Å². The smallest absolute Gasteiger partial charge is 0.261 e. The van der Waals surface area contributed by atoms with Gasteiger partial charge in [0.2, 0.25) is 5.91 Å². The SMILES string of the molecule is CC(C)c1ccc(OCC(=O)N(Cc2ccccc2)[C@@H](Cc2ccccc2)C(=O)NC2CCCCC2)cc1. The standard InChI is InChI=1S/C33H40N2O3/c1-25(2)28-18-20-30(21-19-28)38-24-32(36)35(23-27-14-8-4-9-15-27)31(22-26-12-6-3-7-13-26)33(37)34-29-16-10-5-11-17-29/h3-4,6-9,12-15,18-21,25,29,31H,5,10-11,16-17,22-24H2,1-2H3,(H,34,37)/t31-/m0/s1. The third-order valence-electron chi connectivity index (χ3n) is 7.33. The fraction of sp³-hybridized carbons (Fsp3) is 0.394. The lowest BCUT2D eigenvalue weighted by molar-refractivity contribution is -0.143. The Bertz CT molecular complexity index is 1140. The molecule has 1 aliphatic carbocycles. The van der Waals surface area contributed by atoms with Crippen molar-refractivity contribution in [2.45, 2.75) is 76.9 Å². The number of rotatable bonds is 11. The third kappa shape index (κ3) is 7.95. The van der Waals surface area contributed by atoms with Gasteiger partial charge in [0.05, 0.1) is 0 Å². The quantitative estimate of drug-likeness (QED) is 0.329. The van der Waals surface area contributed by atoms with Crippen molar-refractivity contribution in [2.24, 2.45) is 0 Å². The number of nitrogens with zero attached hydrogens (tertiary/aromatic N) is 1. The topological polar surface area (TPSA) is 58.6 Å². The number of nitrogens with one attached hydrogen (secondary N) is 1. The van der Waals surface area contributed by atoms with Crippen LogP contribution >= 0.6 is 0 Å². The first kappa shape index (κ1) is 27.4. The van der Waals surface area contributed by atoms with E-state index in [1.54, 1.807) is 4.90 Å². The molecule has 0 bridgehead atoms. The Balaban J connectivity index is 1.57. The summed E-state index contributed by atoms with van der Waals surface area (Å²) in [5.41, 5.74) is 3.22. The Kier molecular flexibility index (Phi) is 9.97. The average Bonchev–Trinajstić information content (AvgIpc) is 2.95. The van der Waals surface area contributed by atoms with Crippen molar-refractivity contribution in [1.82, 2.24) is 10.2 Å². The van der Waals surface area contributed by atoms with Crippen molar-refractivity contribution in [3.8, 4) is 5.75 Å². The molecule has 0 saturated heterocycles. The first-order valence-corrected chi connectivity index (χ1v) is 13.9. The van der Waals surface area contributed by atoms with Gasteiger partial charge in [-0.15, -0.1) is 0 Å². The van der Waals surface area contributed by atoms with Crippen LogP contribution in [0.1, 0.15) is 68.6 Å². The molecule has 5 nitrogen and oxygen atoms in total. The van der Waals surface area contributed by atoms with Gasteiger partial charge >= 0.3 is 0 Å². The number of hydrogen-bond acceptors (Lipinski definition) is 3. The van der Waals surface area contributed by atoms with E-state index in [1.807, 2.05) is 84.9 Å². The van der Waals surface area contributed by atoms with E-state index in [9.17, 15) is 9.59 Å². The lowest BCUT2D eigenvalue weighted by Gasteiger charge is -2.33. The van der Waals surface area contributed by atoms with Gasteiger partial charge in [0.1, 0.15) is 11.8 Å². The maximum absolute atomic E-state index is 13.8. The number of hydrogen-bond donors (Lipinski definition) is 1. The first-order chi connectivity index (χ1) is 18.5. The van der Waals surface area contributed by atoms with E-state index < -0.39 is 6.04 Å².